The minimum Gasteiger partial charge on any atom is -0.337 e. The summed E-state index contributed by atoms with van der Waals surface area (Å²) in [5, 5.41) is 2.84. The molecule has 1 N–H and O–H groups in total. The second-order valence-electron chi connectivity index (χ2n) is 7.97. The number of hydrogen-bond donors (Lipinski definition) is 1. The van der Waals surface area contributed by atoms with Crippen LogP contribution < -0.4 is 5.32 Å². The molecular formula is C20H25N3O5S. The predicted octanol–water partition coefficient (Wildman–Crippen LogP) is 0.806. The number of fused-ring (bicyclic) bond motifs is 2. The number of carbonyl (C=O) groups excluding carboxylic acids is 3. The van der Waals surface area contributed by atoms with Gasteiger partial charge in [-0.05, 0) is 43.7 Å². The number of nitrogens with zero attached hydrogens (tertiary/aromatic N) is 2. The molecule has 2 aliphatic heterocycles. The number of aryl methyl sites for hydroxylation is 1. The molecule has 0 unspecified atom stereocenters. The summed E-state index contributed by atoms with van der Waals surface area (Å²) in [5.74, 6) is -0.813. The maximum atomic E-state index is 13.3. The molecule has 1 aliphatic carbocycles. The monoisotopic (exact) mass is 419 g/mol. The predicted molar refractivity (Wildman–Crippen MR) is 106 cm³/mol. The Hall–Kier alpha value is -2.42. The minimum absolute atomic E-state index is 0.0600. The quantitative estimate of drug-likeness (QED) is 0.728. The minimum atomic E-state index is -3.14. The Balaban J connectivity index is 1.55. The fourth-order valence-corrected chi connectivity index (χ4v) is 6.57. The Labute approximate surface area is 170 Å². The third kappa shape index (κ3) is 3.31. The van der Waals surface area contributed by atoms with Crippen LogP contribution in [0.3, 0.4) is 0 Å². The molecule has 1 aromatic carbocycles. The van der Waals surface area contributed by atoms with Crippen LogP contribution in [0, 0.1) is 0 Å². The topological polar surface area (TPSA) is 104 Å². The van der Waals surface area contributed by atoms with Gasteiger partial charge in [0.2, 0.25) is 5.91 Å². The van der Waals surface area contributed by atoms with Crippen LogP contribution in [-0.4, -0.2) is 66.7 Å². The number of benzene rings is 1. The van der Waals surface area contributed by atoms with Crippen molar-refractivity contribution in [2.24, 2.45) is 0 Å². The first-order valence-electron chi connectivity index (χ1n) is 10.00. The lowest BCUT2D eigenvalue weighted by Crippen LogP contribution is -2.49. The van der Waals surface area contributed by atoms with Crippen molar-refractivity contribution in [3.05, 3.63) is 35.4 Å². The van der Waals surface area contributed by atoms with Crippen LogP contribution in [0.25, 0.3) is 0 Å². The van der Waals surface area contributed by atoms with Crippen molar-refractivity contribution in [2.45, 2.75) is 44.2 Å². The summed E-state index contributed by atoms with van der Waals surface area (Å²) in [7, 11) is -3.14. The molecule has 4 amide bonds. The van der Waals surface area contributed by atoms with Crippen molar-refractivity contribution in [3.8, 4) is 0 Å². The zero-order chi connectivity index (χ0) is 20.8. The SMILES string of the molecule is CCN(C(=O)CN1C(=O)N[C@@]2(CCCc3ccccc32)C1=O)[C@@H]1CCS(=O)(=O)C1. The molecule has 1 aromatic rings. The van der Waals surface area contributed by atoms with Gasteiger partial charge >= 0.3 is 6.03 Å². The molecule has 0 radical (unpaired) electrons. The Morgan fingerprint density at radius 1 is 1.31 bits per heavy atom. The Bertz CT molecular complexity index is 976. The molecule has 0 saturated carbocycles. The van der Waals surface area contributed by atoms with Gasteiger partial charge in [-0.3, -0.25) is 14.5 Å². The van der Waals surface area contributed by atoms with Crippen LogP contribution in [-0.2, 0) is 31.4 Å². The lowest BCUT2D eigenvalue weighted by Gasteiger charge is -2.33. The summed E-state index contributed by atoms with van der Waals surface area (Å²) in [5.41, 5.74) is 0.723. The second-order valence-corrected chi connectivity index (χ2v) is 10.2. The van der Waals surface area contributed by atoms with E-state index >= 15 is 0 Å². The number of urea groups is 1. The molecule has 3 aliphatic rings. The molecule has 2 atom stereocenters. The summed E-state index contributed by atoms with van der Waals surface area (Å²) >= 11 is 0. The molecule has 8 nitrogen and oxygen atoms in total. The Morgan fingerprint density at radius 2 is 2.07 bits per heavy atom. The molecule has 29 heavy (non-hydrogen) atoms. The molecule has 1 spiro atoms. The highest BCUT2D eigenvalue weighted by Crippen LogP contribution is 2.39. The van der Waals surface area contributed by atoms with Crippen molar-refractivity contribution >= 4 is 27.7 Å². The number of carbonyl (C=O) groups is 3. The summed E-state index contributed by atoms with van der Waals surface area (Å²) in [6.45, 7) is 1.73. The highest BCUT2D eigenvalue weighted by atomic mass is 32.2. The zero-order valence-corrected chi connectivity index (χ0v) is 17.2. The average molecular weight is 420 g/mol. The summed E-state index contributed by atoms with van der Waals surface area (Å²) in [6.07, 6.45) is 2.50. The maximum Gasteiger partial charge on any atom is 0.325 e. The van der Waals surface area contributed by atoms with Gasteiger partial charge in [-0.25, -0.2) is 13.2 Å². The summed E-state index contributed by atoms with van der Waals surface area (Å²) < 4.78 is 23.6. The van der Waals surface area contributed by atoms with E-state index in [1.807, 2.05) is 24.3 Å². The van der Waals surface area contributed by atoms with Crippen molar-refractivity contribution in [1.82, 2.24) is 15.1 Å². The number of likely N-dealkylation sites (N-methyl/N-ethyl adjacent to an activating group) is 1. The first-order valence-corrected chi connectivity index (χ1v) is 11.8. The van der Waals surface area contributed by atoms with Gasteiger partial charge < -0.3 is 10.2 Å². The van der Waals surface area contributed by atoms with Gasteiger partial charge in [-0.1, -0.05) is 24.3 Å². The zero-order valence-electron chi connectivity index (χ0n) is 16.4. The Kier molecular flexibility index (Phi) is 4.88. The standard InChI is InChI=1S/C20H25N3O5S/c1-2-22(15-9-11-29(27,28)13-15)17(24)12-23-18(25)20(21-19(23)26)10-5-7-14-6-3-4-8-16(14)20/h3-4,6,8,15H,2,5,7,9-13H2,1H3,(H,21,26)/t15-,20-/m1/s1. The van der Waals surface area contributed by atoms with E-state index in [-0.39, 0.29) is 18.1 Å². The van der Waals surface area contributed by atoms with E-state index in [9.17, 15) is 22.8 Å². The van der Waals surface area contributed by atoms with Gasteiger partial charge in [0.15, 0.2) is 9.84 Å². The van der Waals surface area contributed by atoms with Crippen molar-refractivity contribution in [3.63, 3.8) is 0 Å². The number of nitrogens with one attached hydrogen (secondary N) is 1. The number of sulfone groups is 1. The van der Waals surface area contributed by atoms with E-state index in [1.165, 1.54) is 4.90 Å². The van der Waals surface area contributed by atoms with Crippen LogP contribution >= 0.6 is 0 Å². The highest BCUT2D eigenvalue weighted by molar-refractivity contribution is 7.91. The van der Waals surface area contributed by atoms with Gasteiger partial charge in [0.05, 0.1) is 11.5 Å². The largest absolute Gasteiger partial charge is 0.337 e. The average Bonchev–Trinajstić information content (AvgIpc) is 3.15. The van der Waals surface area contributed by atoms with Gasteiger partial charge in [0.1, 0.15) is 12.1 Å². The fraction of sp³-hybridized carbons (Fsp3) is 0.550. The molecule has 156 valence electrons. The highest BCUT2D eigenvalue weighted by Gasteiger charge is 2.54. The number of rotatable bonds is 4. The molecular weight excluding hydrogens is 394 g/mol. The van der Waals surface area contributed by atoms with Crippen molar-refractivity contribution < 1.29 is 22.8 Å². The molecule has 2 fully saturated rings. The lowest BCUT2D eigenvalue weighted by molar-refractivity contribution is -0.140. The van der Waals surface area contributed by atoms with E-state index in [0.717, 1.165) is 28.9 Å². The van der Waals surface area contributed by atoms with Crippen LogP contribution in [0.5, 0.6) is 0 Å². The number of hydrogen-bond acceptors (Lipinski definition) is 5. The smallest absolute Gasteiger partial charge is 0.325 e. The van der Waals surface area contributed by atoms with E-state index < -0.39 is 39.3 Å². The molecule has 2 saturated heterocycles. The molecule has 9 heteroatoms. The molecule has 0 bridgehead atoms. The third-order valence-corrected chi connectivity index (χ3v) is 8.00. The van der Waals surface area contributed by atoms with Crippen molar-refractivity contribution in [2.75, 3.05) is 24.6 Å². The molecule has 0 aromatic heterocycles. The van der Waals surface area contributed by atoms with E-state index in [4.69, 9.17) is 0 Å². The summed E-state index contributed by atoms with van der Waals surface area (Å²) in [6, 6.07) is 6.61. The van der Waals surface area contributed by atoms with Gasteiger partial charge in [-0.15, -0.1) is 0 Å². The van der Waals surface area contributed by atoms with Crippen LogP contribution in [0.2, 0.25) is 0 Å². The summed E-state index contributed by atoms with van der Waals surface area (Å²) in [4.78, 5) is 41.3. The maximum absolute atomic E-state index is 13.3. The van der Waals surface area contributed by atoms with Crippen molar-refractivity contribution in [1.29, 1.82) is 0 Å². The van der Waals surface area contributed by atoms with Gasteiger partial charge in [-0.2, -0.15) is 0 Å². The van der Waals surface area contributed by atoms with Crippen LogP contribution in [0.4, 0.5) is 4.79 Å². The first-order chi connectivity index (χ1) is 13.8. The fourth-order valence-electron chi connectivity index (χ4n) is 4.84. The Morgan fingerprint density at radius 3 is 2.76 bits per heavy atom. The van der Waals surface area contributed by atoms with Crippen LogP contribution in [0.1, 0.15) is 37.3 Å². The number of imide groups is 1. The molecule has 2 heterocycles. The molecule has 4 rings (SSSR count). The van der Waals surface area contributed by atoms with Crippen LogP contribution in [0.15, 0.2) is 24.3 Å². The normalized spacial score (nSPS) is 27.8. The number of amides is 4. The van der Waals surface area contributed by atoms with E-state index in [0.29, 0.717) is 19.4 Å². The van der Waals surface area contributed by atoms with E-state index in [1.54, 1.807) is 6.92 Å². The first kappa shape index (κ1) is 19.9. The second kappa shape index (κ2) is 7.12. The lowest BCUT2D eigenvalue weighted by atomic mass is 9.76. The third-order valence-electron chi connectivity index (χ3n) is 6.25. The van der Waals surface area contributed by atoms with E-state index in [2.05, 4.69) is 5.32 Å². The van der Waals surface area contributed by atoms with Gasteiger partial charge in [0.25, 0.3) is 5.91 Å². The van der Waals surface area contributed by atoms with Gasteiger partial charge in [0, 0.05) is 12.6 Å².